The molecule has 0 bridgehead atoms. The Labute approximate surface area is 130 Å². The fraction of sp³-hybridized carbons (Fsp3) is 0.214. The third-order valence-corrected chi connectivity index (χ3v) is 3.20. The van der Waals surface area contributed by atoms with Crippen molar-refractivity contribution < 1.29 is 14.6 Å². The standard InChI is InChI=1S/C14H14BrN3O3/c1-2-5-21-13-8-16-7-12(18-13)17-11-4-3-9(14(19)20)6-10(11)15/h3-4,6-8H,2,5H2,1H3,(H,17,18)(H,19,20). The average Bonchev–Trinajstić information content (AvgIpc) is 2.47. The van der Waals surface area contributed by atoms with Gasteiger partial charge in [0.15, 0.2) is 5.82 Å². The van der Waals surface area contributed by atoms with Gasteiger partial charge in [0, 0.05) is 4.47 Å². The first-order valence-electron chi connectivity index (χ1n) is 6.35. The number of aromatic nitrogens is 2. The van der Waals surface area contributed by atoms with Crippen LogP contribution in [0.4, 0.5) is 11.5 Å². The first-order valence-corrected chi connectivity index (χ1v) is 7.14. The maximum absolute atomic E-state index is 10.9. The zero-order valence-electron chi connectivity index (χ0n) is 11.3. The molecule has 0 unspecified atom stereocenters. The lowest BCUT2D eigenvalue weighted by Gasteiger charge is -2.09. The van der Waals surface area contributed by atoms with E-state index >= 15 is 0 Å². The van der Waals surface area contributed by atoms with Crippen LogP contribution in [0.2, 0.25) is 0 Å². The van der Waals surface area contributed by atoms with Gasteiger partial charge in [-0.2, -0.15) is 4.98 Å². The highest BCUT2D eigenvalue weighted by Gasteiger charge is 2.08. The molecule has 1 aromatic heterocycles. The quantitative estimate of drug-likeness (QED) is 0.828. The number of aromatic carboxylic acids is 1. The summed E-state index contributed by atoms with van der Waals surface area (Å²) < 4.78 is 6.04. The molecule has 0 amide bonds. The van der Waals surface area contributed by atoms with Gasteiger partial charge < -0.3 is 15.2 Å². The van der Waals surface area contributed by atoms with Crippen LogP contribution in [-0.4, -0.2) is 27.7 Å². The van der Waals surface area contributed by atoms with E-state index in [4.69, 9.17) is 9.84 Å². The lowest BCUT2D eigenvalue weighted by Crippen LogP contribution is -2.02. The molecule has 2 N–H and O–H groups in total. The molecule has 6 nitrogen and oxygen atoms in total. The fourth-order valence-corrected chi connectivity index (χ4v) is 2.05. The number of nitrogens with zero attached hydrogens (tertiary/aromatic N) is 2. The van der Waals surface area contributed by atoms with Crippen molar-refractivity contribution in [3.8, 4) is 5.88 Å². The molecule has 0 radical (unpaired) electrons. The van der Waals surface area contributed by atoms with Gasteiger partial charge in [-0.3, -0.25) is 4.98 Å². The molecule has 7 heteroatoms. The summed E-state index contributed by atoms with van der Waals surface area (Å²) in [5, 5.41) is 12.0. The third-order valence-electron chi connectivity index (χ3n) is 2.55. The maximum Gasteiger partial charge on any atom is 0.335 e. The van der Waals surface area contributed by atoms with Crippen LogP contribution in [0.5, 0.6) is 5.88 Å². The minimum absolute atomic E-state index is 0.207. The molecule has 0 saturated carbocycles. The van der Waals surface area contributed by atoms with Crippen molar-refractivity contribution in [2.75, 3.05) is 11.9 Å². The molecule has 1 heterocycles. The van der Waals surface area contributed by atoms with E-state index in [1.54, 1.807) is 18.5 Å². The van der Waals surface area contributed by atoms with Crippen LogP contribution in [0, 0.1) is 0 Å². The van der Waals surface area contributed by atoms with E-state index in [0.717, 1.165) is 6.42 Å². The highest BCUT2D eigenvalue weighted by molar-refractivity contribution is 9.10. The van der Waals surface area contributed by atoms with E-state index in [1.807, 2.05) is 6.92 Å². The Bertz CT molecular complexity index is 649. The molecule has 21 heavy (non-hydrogen) atoms. The number of hydrogen-bond acceptors (Lipinski definition) is 5. The van der Waals surface area contributed by atoms with Crippen molar-refractivity contribution in [3.05, 3.63) is 40.6 Å². The minimum atomic E-state index is -0.975. The van der Waals surface area contributed by atoms with Gasteiger partial charge in [-0.05, 0) is 40.5 Å². The SMILES string of the molecule is CCCOc1cncc(Nc2ccc(C(=O)O)cc2Br)n1. The van der Waals surface area contributed by atoms with Crippen LogP contribution in [0.1, 0.15) is 23.7 Å². The van der Waals surface area contributed by atoms with Gasteiger partial charge >= 0.3 is 5.97 Å². The molecule has 0 fully saturated rings. The number of halogens is 1. The number of carbonyl (C=O) groups is 1. The highest BCUT2D eigenvalue weighted by Crippen LogP contribution is 2.26. The fourth-order valence-electron chi connectivity index (χ4n) is 1.57. The average molecular weight is 352 g/mol. The van der Waals surface area contributed by atoms with Gasteiger partial charge in [0.05, 0.1) is 30.3 Å². The van der Waals surface area contributed by atoms with Crippen molar-refractivity contribution in [1.29, 1.82) is 0 Å². The zero-order chi connectivity index (χ0) is 15.2. The third kappa shape index (κ3) is 4.16. The minimum Gasteiger partial charge on any atom is -0.478 e. The van der Waals surface area contributed by atoms with Crippen LogP contribution in [0.15, 0.2) is 35.1 Å². The summed E-state index contributed by atoms with van der Waals surface area (Å²) in [5.74, 6) is -0.00971. The summed E-state index contributed by atoms with van der Waals surface area (Å²) in [7, 11) is 0. The van der Waals surface area contributed by atoms with Gasteiger partial charge in [0.2, 0.25) is 5.88 Å². The van der Waals surface area contributed by atoms with Gasteiger partial charge in [-0.25, -0.2) is 4.79 Å². The van der Waals surface area contributed by atoms with E-state index < -0.39 is 5.97 Å². The summed E-state index contributed by atoms with van der Waals surface area (Å²) in [5.41, 5.74) is 0.903. The van der Waals surface area contributed by atoms with Gasteiger partial charge in [-0.15, -0.1) is 0 Å². The van der Waals surface area contributed by atoms with Crippen LogP contribution < -0.4 is 10.1 Å². The molecule has 2 rings (SSSR count). The molecule has 1 aromatic carbocycles. The predicted molar refractivity (Wildman–Crippen MR) is 82.2 cm³/mol. The molecule has 0 aliphatic heterocycles. The molecule has 0 atom stereocenters. The molecular formula is C14H14BrN3O3. The van der Waals surface area contributed by atoms with Crippen molar-refractivity contribution in [3.63, 3.8) is 0 Å². The Kier molecular flexibility index (Phi) is 5.10. The Morgan fingerprint density at radius 1 is 1.43 bits per heavy atom. The number of carboxylic acids is 1. The molecule has 0 saturated heterocycles. The summed E-state index contributed by atoms with van der Waals surface area (Å²) in [6.45, 7) is 2.59. The van der Waals surface area contributed by atoms with Crippen molar-refractivity contribution in [2.45, 2.75) is 13.3 Å². The Balaban J connectivity index is 2.16. The first kappa shape index (κ1) is 15.2. The van der Waals surface area contributed by atoms with E-state index in [9.17, 15) is 4.79 Å². The molecular weight excluding hydrogens is 338 g/mol. The second-order valence-electron chi connectivity index (χ2n) is 4.22. The number of benzene rings is 1. The summed E-state index contributed by atoms with van der Waals surface area (Å²) >= 11 is 3.33. The molecule has 0 aliphatic carbocycles. The van der Waals surface area contributed by atoms with Gasteiger partial charge in [-0.1, -0.05) is 6.92 Å². The number of anilines is 2. The monoisotopic (exact) mass is 351 g/mol. The van der Waals surface area contributed by atoms with Crippen molar-refractivity contribution in [2.24, 2.45) is 0 Å². The van der Waals surface area contributed by atoms with E-state index in [1.165, 1.54) is 12.1 Å². The normalized spacial score (nSPS) is 10.2. The Hall–Kier alpha value is -2.15. The van der Waals surface area contributed by atoms with Crippen molar-refractivity contribution >= 4 is 33.4 Å². The lowest BCUT2D eigenvalue weighted by atomic mass is 10.2. The number of hydrogen-bond donors (Lipinski definition) is 2. The predicted octanol–water partition coefficient (Wildman–Crippen LogP) is 3.47. The van der Waals surface area contributed by atoms with Gasteiger partial charge in [0.1, 0.15) is 0 Å². The van der Waals surface area contributed by atoms with E-state index in [2.05, 4.69) is 31.2 Å². The Morgan fingerprint density at radius 2 is 2.24 bits per heavy atom. The highest BCUT2D eigenvalue weighted by atomic mass is 79.9. The van der Waals surface area contributed by atoms with Gasteiger partial charge in [0.25, 0.3) is 0 Å². The zero-order valence-corrected chi connectivity index (χ0v) is 12.9. The molecule has 0 aliphatic rings. The molecule has 2 aromatic rings. The number of ether oxygens (including phenoxy) is 1. The topological polar surface area (TPSA) is 84.3 Å². The van der Waals surface area contributed by atoms with Crippen LogP contribution in [-0.2, 0) is 0 Å². The smallest absolute Gasteiger partial charge is 0.335 e. The summed E-state index contributed by atoms with van der Waals surface area (Å²) in [6.07, 6.45) is 4.00. The summed E-state index contributed by atoms with van der Waals surface area (Å²) in [4.78, 5) is 19.2. The number of carboxylic acid groups (broad SMARTS) is 1. The lowest BCUT2D eigenvalue weighted by molar-refractivity contribution is 0.0697. The maximum atomic E-state index is 10.9. The van der Waals surface area contributed by atoms with Crippen LogP contribution >= 0.6 is 15.9 Å². The van der Waals surface area contributed by atoms with E-state index in [-0.39, 0.29) is 5.56 Å². The Morgan fingerprint density at radius 3 is 2.90 bits per heavy atom. The second kappa shape index (κ2) is 7.03. The van der Waals surface area contributed by atoms with Crippen molar-refractivity contribution in [1.82, 2.24) is 9.97 Å². The summed E-state index contributed by atoms with van der Waals surface area (Å²) in [6, 6.07) is 4.70. The molecule has 110 valence electrons. The first-order chi connectivity index (χ1) is 10.1. The van der Waals surface area contributed by atoms with Crippen LogP contribution in [0.25, 0.3) is 0 Å². The number of nitrogens with one attached hydrogen (secondary N) is 1. The second-order valence-corrected chi connectivity index (χ2v) is 5.07. The largest absolute Gasteiger partial charge is 0.478 e. The molecule has 0 spiro atoms. The van der Waals surface area contributed by atoms with Crippen LogP contribution in [0.3, 0.4) is 0 Å². The number of rotatable bonds is 6. The van der Waals surface area contributed by atoms with E-state index in [0.29, 0.717) is 28.5 Å².